The van der Waals surface area contributed by atoms with Crippen LogP contribution in [0.1, 0.15) is 29.2 Å². The average molecular weight is 253 g/mol. The van der Waals surface area contributed by atoms with E-state index in [2.05, 4.69) is 69.4 Å². The van der Waals surface area contributed by atoms with E-state index in [1.165, 1.54) is 33.4 Å². The maximum atomic E-state index is 3.39. The van der Waals surface area contributed by atoms with Crippen LogP contribution in [-0.4, -0.2) is 6.54 Å². The average Bonchev–Trinajstić information content (AvgIpc) is 2.38. The molecule has 0 atom stereocenters. The Bertz CT molecular complexity index is 570. The molecule has 0 radical (unpaired) electrons. The molecule has 0 aromatic heterocycles. The molecular formula is C18H23N. The number of hydrogen-bond acceptors (Lipinski definition) is 1. The summed E-state index contributed by atoms with van der Waals surface area (Å²) in [6.45, 7) is 10.6. The lowest BCUT2D eigenvalue weighted by molar-refractivity contribution is 0.727. The Labute approximate surface area is 116 Å². The first kappa shape index (κ1) is 13.8. The minimum absolute atomic E-state index is 0.939. The van der Waals surface area contributed by atoms with Crippen molar-refractivity contribution in [2.45, 2.75) is 34.2 Å². The molecule has 0 unspecified atom stereocenters. The van der Waals surface area contributed by atoms with E-state index in [-0.39, 0.29) is 0 Å². The van der Waals surface area contributed by atoms with E-state index in [0.717, 1.165) is 13.1 Å². The fraction of sp³-hybridized carbons (Fsp3) is 0.333. The molecule has 19 heavy (non-hydrogen) atoms. The smallest absolute Gasteiger partial charge is 0.0205 e. The van der Waals surface area contributed by atoms with Gasteiger partial charge < -0.3 is 5.32 Å². The molecule has 0 aliphatic rings. The molecule has 1 heteroatoms. The van der Waals surface area contributed by atoms with E-state index < -0.39 is 0 Å². The number of benzene rings is 2. The zero-order chi connectivity index (χ0) is 13.8. The molecule has 0 saturated heterocycles. The van der Waals surface area contributed by atoms with Crippen molar-refractivity contribution < 1.29 is 0 Å². The van der Waals surface area contributed by atoms with E-state index >= 15 is 0 Å². The molecule has 0 aliphatic carbocycles. The molecule has 0 fully saturated rings. The Kier molecular flexibility index (Phi) is 4.39. The van der Waals surface area contributed by atoms with Crippen LogP contribution in [0.4, 0.5) is 0 Å². The van der Waals surface area contributed by atoms with Crippen LogP contribution in [0.3, 0.4) is 0 Å². The SMILES string of the molecule is CCNCc1ccc(C)c(-c2ccc(C)cc2C)c1. The van der Waals surface area contributed by atoms with Gasteiger partial charge in [0.15, 0.2) is 0 Å². The van der Waals surface area contributed by atoms with E-state index in [4.69, 9.17) is 0 Å². The van der Waals surface area contributed by atoms with Gasteiger partial charge in [0.05, 0.1) is 0 Å². The lowest BCUT2D eigenvalue weighted by Crippen LogP contribution is -2.11. The van der Waals surface area contributed by atoms with Gasteiger partial charge in [-0.15, -0.1) is 0 Å². The summed E-state index contributed by atoms with van der Waals surface area (Å²) < 4.78 is 0. The highest BCUT2D eigenvalue weighted by molar-refractivity contribution is 5.71. The normalized spacial score (nSPS) is 10.7. The van der Waals surface area contributed by atoms with Crippen LogP contribution in [-0.2, 0) is 6.54 Å². The highest BCUT2D eigenvalue weighted by Gasteiger charge is 2.06. The minimum Gasteiger partial charge on any atom is -0.313 e. The number of nitrogens with one attached hydrogen (secondary N) is 1. The molecule has 100 valence electrons. The molecule has 0 aliphatic heterocycles. The van der Waals surface area contributed by atoms with E-state index in [0.29, 0.717) is 0 Å². The van der Waals surface area contributed by atoms with Gasteiger partial charge in [-0.1, -0.05) is 42.8 Å². The van der Waals surface area contributed by atoms with Crippen molar-refractivity contribution in [2.24, 2.45) is 0 Å². The third-order valence-corrected chi connectivity index (χ3v) is 3.55. The molecule has 0 spiro atoms. The first-order chi connectivity index (χ1) is 9.11. The van der Waals surface area contributed by atoms with Crippen LogP contribution in [0.15, 0.2) is 36.4 Å². The third-order valence-electron chi connectivity index (χ3n) is 3.55. The van der Waals surface area contributed by atoms with Crippen LogP contribution in [0.2, 0.25) is 0 Å². The van der Waals surface area contributed by atoms with E-state index in [9.17, 15) is 0 Å². The molecule has 1 nitrogen and oxygen atoms in total. The third kappa shape index (κ3) is 3.24. The summed E-state index contributed by atoms with van der Waals surface area (Å²) in [6, 6.07) is 13.4. The van der Waals surface area contributed by atoms with Gasteiger partial charge in [0, 0.05) is 6.54 Å². The Hall–Kier alpha value is -1.60. The highest BCUT2D eigenvalue weighted by Crippen LogP contribution is 2.28. The molecule has 2 aromatic rings. The van der Waals surface area contributed by atoms with E-state index in [1.54, 1.807) is 0 Å². The molecule has 2 rings (SSSR count). The highest BCUT2D eigenvalue weighted by atomic mass is 14.8. The summed E-state index contributed by atoms with van der Waals surface area (Å²) in [7, 11) is 0. The Morgan fingerprint density at radius 3 is 2.32 bits per heavy atom. The quantitative estimate of drug-likeness (QED) is 0.852. The Balaban J connectivity index is 2.42. The molecule has 1 N–H and O–H groups in total. The maximum absolute atomic E-state index is 3.39. The van der Waals surface area contributed by atoms with Crippen LogP contribution in [0, 0.1) is 20.8 Å². The van der Waals surface area contributed by atoms with Gasteiger partial charge in [-0.25, -0.2) is 0 Å². The topological polar surface area (TPSA) is 12.0 Å². The summed E-state index contributed by atoms with van der Waals surface area (Å²) >= 11 is 0. The second kappa shape index (κ2) is 6.03. The number of rotatable bonds is 4. The minimum atomic E-state index is 0.939. The van der Waals surface area contributed by atoms with E-state index in [1.807, 2.05) is 0 Å². The zero-order valence-corrected chi connectivity index (χ0v) is 12.4. The van der Waals surface area contributed by atoms with Crippen molar-refractivity contribution in [1.82, 2.24) is 5.32 Å². The first-order valence-electron chi connectivity index (χ1n) is 6.99. The fourth-order valence-electron chi connectivity index (χ4n) is 2.45. The number of hydrogen-bond donors (Lipinski definition) is 1. The van der Waals surface area contributed by atoms with Gasteiger partial charge in [0.25, 0.3) is 0 Å². The molecule has 0 heterocycles. The zero-order valence-electron chi connectivity index (χ0n) is 12.4. The lowest BCUT2D eigenvalue weighted by atomic mass is 9.94. The molecule has 0 amide bonds. The van der Waals surface area contributed by atoms with Crippen LogP contribution < -0.4 is 5.32 Å². The van der Waals surface area contributed by atoms with Gasteiger partial charge in [-0.2, -0.15) is 0 Å². The van der Waals surface area contributed by atoms with Gasteiger partial charge in [-0.05, 0) is 61.2 Å². The van der Waals surface area contributed by atoms with Crippen LogP contribution in [0.5, 0.6) is 0 Å². The lowest BCUT2D eigenvalue weighted by Gasteiger charge is -2.12. The predicted molar refractivity (Wildman–Crippen MR) is 83.5 cm³/mol. The molecule has 2 aromatic carbocycles. The second-order valence-corrected chi connectivity index (χ2v) is 5.25. The monoisotopic (exact) mass is 253 g/mol. The molecular weight excluding hydrogens is 230 g/mol. The van der Waals surface area contributed by atoms with Crippen molar-refractivity contribution in [1.29, 1.82) is 0 Å². The Morgan fingerprint density at radius 2 is 1.63 bits per heavy atom. The maximum Gasteiger partial charge on any atom is 0.0205 e. The fourth-order valence-corrected chi connectivity index (χ4v) is 2.45. The van der Waals surface area contributed by atoms with Crippen molar-refractivity contribution in [2.75, 3.05) is 6.54 Å². The van der Waals surface area contributed by atoms with Crippen LogP contribution in [0.25, 0.3) is 11.1 Å². The van der Waals surface area contributed by atoms with Gasteiger partial charge in [0.1, 0.15) is 0 Å². The van der Waals surface area contributed by atoms with Crippen molar-refractivity contribution >= 4 is 0 Å². The summed E-state index contributed by atoms with van der Waals surface area (Å²) in [6.07, 6.45) is 0. The van der Waals surface area contributed by atoms with Gasteiger partial charge in [-0.3, -0.25) is 0 Å². The van der Waals surface area contributed by atoms with Gasteiger partial charge in [0.2, 0.25) is 0 Å². The summed E-state index contributed by atoms with van der Waals surface area (Å²) in [5, 5.41) is 3.39. The summed E-state index contributed by atoms with van der Waals surface area (Å²) in [5.41, 5.74) is 8.07. The second-order valence-electron chi connectivity index (χ2n) is 5.25. The standard InChI is InChI=1S/C18H23N/c1-5-19-12-16-8-7-14(3)18(11-16)17-9-6-13(2)10-15(17)4/h6-11,19H,5,12H2,1-4H3. The van der Waals surface area contributed by atoms with Crippen LogP contribution >= 0.6 is 0 Å². The first-order valence-corrected chi connectivity index (χ1v) is 6.99. The molecule has 0 bridgehead atoms. The van der Waals surface area contributed by atoms with Gasteiger partial charge >= 0.3 is 0 Å². The van der Waals surface area contributed by atoms with Crippen molar-refractivity contribution in [3.63, 3.8) is 0 Å². The van der Waals surface area contributed by atoms with Crippen molar-refractivity contribution in [3.8, 4) is 11.1 Å². The number of aryl methyl sites for hydroxylation is 3. The van der Waals surface area contributed by atoms with Crippen molar-refractivity contribution in [3.05, 3.63) is 58.7 Å². The molecule has 0 saturated carbocycles. The largest absolute Gasteiger partial charge is 0.313 e. The Morgan fingerprint density at radius 1 is 0.842 bits per heavy atom. The summed E-state index contributed by atoms with van der Waals surface area (Å²) in [4.78, 5) is 0. The predicted octanol–water partition coefficient (Wildman–Crippen LogP) is 4.39. The summed E-state index contributed by atoms with van der Waals surface area (Å²) in [5.74, 6) is 0.